The molecule has 1 heterocycles. The van der Waals surface area contributed by atoms with Crippen molar-refractivity contribution in [1.82, 2.24) is 9.88 Å². The number of fused-ring (bicyclic) bond motifs is 1. The van der Waals surface area contributed by atoms with Gasteiger partial charge in [-0.05, 0) is 43.6 Å². The molecule has 2 aromatic rings. The summed E-state index contributed by atoms with van der Waals surface area (Å²) in [5.41, 5.74) is 1.13. The van der Waals surface area contributed by atoms with Crippen LogP contribution in [-0.4, -0.2) is 35.6 Å². The molecule has 3 heteroatoms. The highest BCUT2D eigenvalue weighted by atomic mass is 16.5. The third-order valence-corrected chi connectivity index (χ3v) is 3.27. The number of ether oxygens (including phenoxy) is 1. The second-order valence-corrected chi connectivity index (χ2v) is 4.64. The lowest BCUT2D eigenvalue weighted by molar-refractivity contribution is 0.153. The van der Waals surface area contributed by atoms with Crippen molar-refractivity contribution < 1.29 is 4.74 Å². The van der Waals surface area contributed by atoms with E-state index in [1.807, 2.05) is 12.3 Å². The number of hydrogen-bond acceptors (Lipinski definition) is 2. The van der Waals surface area contributed by atoms with Crippen molar-refractivity contribution in [1.29, 1.82) is 0 Å². The molecule has 1 aromatic heterocycles. The molecular weight excluding hydrogens is 224 g/mol. The van der Waals surface area contributed by atoms with Crippen molar-refractivity contribution >= 4 is 10.9 Å². The van der Waals surface area contributed by atoms with Crippen molar-refractivity contribution in [2.45, 2.75) is 26.9 Å². The van der Waals surface area contributed by atoms with Crippen molar-refractivity contribution in [3.63, 3.8) is 0 Å². The van der Waals surface area contributed by atoms with Gasteiger partial charge in [-0.1, -0.05) is 13.8 Å². The highest BCUT2D eigenvalue weighted by Crippen LogP contribution is 2.20. The summed E-state index contributed by atoms with van der Waals surface area (Å²) >= 11 is 0. The zero-order valence-electron chi connectivity index (χ0n) is 11.4. The Morgan fingerprint density at radius 2 is 2.00 bits per heavy atom. The topological polar surface area (TPSA) is 28.3 Å². The first-order valence-corrected chi connectivity index (χ1v) is 6.69. The van der Waals surface area contributed by atoms with E-state index in [0.29, 0.717) is 0 Å². The molecule has 1 unspecified atom stereocenters. The summed E-state index contributed by atoms with van der Waals surface area (Å²) in [5, 5.41) is 1.22. The molecule has 0 saturated carbocycles. The number of nitrogens with zero attached hydrogens (tertiary/aromatic N) is 1. The molecule has 0 spiro atoms. The van der Waals surface area contributed by atoms with Crippen LogP contribution in [0.25, 0.3) is 10.9 Å². The van der Waals surface area contributed by atoms with Gasteiger partial charge in [-0.25, -0.2) is 0 Å². The number of benzene rings is 1. The van der Waals surface area contributed by atoms with Gasteiger partial charge in [0.2, 0.25) is 0 Å². The summed E-state index contributed by atoms with van der Waals surface area (Å²) in [6.07, 6.45) is 2.16. The van der Waals surface area contributed by atoms with Gasteiger partial charge in [0.1, 0.15) is 11.9 Å². The van der Waals surface area contributed by atoms with Crippen LogP contribution in [0.4, 0.5) is 0 Å². The Kier molecular flexibility index (Phi) is 4.26. The maximum atomic E-state index is 5.96. The lowest BCUT2D eigenvalue weighted by atomic mass is 10.2. The lowest BCUT2D eigenvalue weighted by Crippen LogP contribution is -2.33. The fourth-order valence-electron chi connectivity index (χ4n) is 2.22. The summed E-state index contributed by atoms with van der Waals surface area (Å²) in [5.74, 6) is 0.935. The van der Waals surface area contributed by atoms with Gasteiger partial charge in [-0.2, -0.15) is 0 Å². The van der Waals surface area contributed by atoms with E-state index in [2.05, 4.69) is 48.9 Å². The van der Waals surface area contributed by atoms with Crippen LogP contribution in [0.1, 0.15) is 20.8 Å². The summed E-state index contributed by atoms with van der Waals surface area (Å²) in [4.78, 5) is 5.58. The first kappa shape index (κ1) is 13.0. The zero-order chi connectivity index (χ0) is 13.0. The number of hydrogen-bond donors (Lipinski definition) is 1. The standard InChI is InChI=1S/C15H22N2O/c1-4-17(5-2)11-12(3)18-14-7-6-13-8-9-16-15(13)10-14/h6-10,12,16H,4-5,11H2,1-3H3. The first-order chi connectivity index (χ1) is 8.72. The quantitative estimate of drug-likeness (QED) is 0.847. The van der Waals surface area contributed by atoms with E-state index in [0.717, 1.165) is 30.9 Å². The highest BCUT2D eigenvalue weighted by Gasteiger charge is 2.09. The predicted octanol–water partition coefficient (Wildman–Crippen LogP) is 3.28. The van der Waals surface area contributed by atoms with Gasteiger partial charge < -0.3 is 14.6 Å². The van der Waals surface area contributed by atoms with Gasteiger partial charge in [0.05, 0.1) is 0 Å². The maximum absolute atomic E-state index is 5.96. The molecule has 1 N–H and O–H groups in total. The summed E-state index contributed by atoms with van der Waals surface area (Å²) < 4.78 is 5.96. The van der Waals surface area contributed by atoms with E-state index in [-0.39, 0.29) is 6.10 Å². The van der Waals surface area contributed by atoms with Gasteiger partial charge >= 0.3 is 0 Å². The Bertz CT molecular complexity index is 488. The Morgan fingerprint density at radius 3 is 2.72 bits per heavy atom. The molecule has 98 valence electrons. The number of aromatic amines is 1. The van der Waals surface area contributed by atoms with E-state index in [9.17, 15) is 0 Å². The Labute approximate surface area is 109 Å². The molecule has 0 aliphatic heterocycles. The molecule has 0 aliphatic carbocycles. The molecule has 1 atom stereocenters. The number of likely N-dealkylation sites (N-methyl/N-ethyl adjacent to an activating group) is 1. The normalized spacial score (nSPS) is 13.1. The van der Waals surface area contributed by atoms with Crippen LogP contribution in [0.5, 0.6) is 5.75 Å². The third kappa shape index (κ3) is 3.05. The maximum Gasteiger partial charge on any atom is 0.121 e. The largest absolute Gasteiger partial charge is 0.489 e. The molecule has 0 fully saturated rings. The Hall–Kier alpha value is -1.48. The second kappa shape index (κ2) is 5.91. The Morgan fingerprint density at radius 1 is 1.22 bits per heavy atom. The number of H-pyrrole nitrogens is 1. The van der Waals surface area contributed by atoms with Crippen LogP contribution >= 0.6 is 0 Å². The van der Waals surface area contributed by atoms with E-state index in [4.69, 9.17) is 4.74 Å². The molecule has 3 nitrogen and oxygen atoms in total. The fourth-order valence-corrected chi connectivity index (χ4v) is 2.22. The fraction of sp³-hybridized carbons (Fsp3) is 0.467. The highest BCUT2D eigenvalue weighted by molar-refractivity contribution is 5.80. The Balaban J connectivity index is 1.99. The summed E-state index contributed by atoms with van der Waals surface area (Å²) in [6, 6.07) is 8.26. The van der Waals surface area contributed by atoms with Crippen molar-refractivity contribution in [3.8, 4) is 5.75 Å². The van der Waals surface area contributed by atoms with Crippen molar-refractivity contribution in [2.24, 2.45) is 0 Å². The molecule has 0 saturated heterocycles. The van der Waals surface area contributed by atoms with Gasteiger partial charge in [0, 0.05) is 24.3 Å². The van der Waals surface area contributed by atoms with Gasteiger partial charge in [-0.3, -0.25) is 0 Å². The monoisotopic (exact) mass is 246 g/mol. The second-order valence-electron chi connectivity index (χ2n) is 4.64. The number of rotatable bonds is 6. The van der Waals surface area contributed by atoms with E-state index < -0.39 is 0 Å². The smallest absolute Gasteiger partial charge is 0.121 e. The third-order valence-electron chi connectivity index (χ3n) is 3.27. The number of nitrogens with one attached hydrogen (secondary N) is 1. The molecule has 0 radical (unpaired) electrons. The van der Waals surface area contributed by atoms with E-state index in [1.54, 1.807) is 0 Å². The van der Waals surface area contributed by atoms with E-state index in [1.165, 1.54) is 5.39 Å². The average Bonchev–Trinajstić information content (AvgIpc) is 2.83. The molecule has 2 rings (SSSR count). The molecule has 0 amide bonds. The molecule has 1 aromatic carbocycles. The predicted molar refractivity (Wildman–Crippen MR) is 76.2 cm³/mol. The first-order valence-electron chi connectivity index (χ1n) is 6.69. The number of aromatic nitrogens is 1. The minimum Gasteiger partial charge on any atom is -0.489 e. The lowest BCUT2D eigenvalue weighted by Gasteiger charge is -2.23. The van der Waals surface area contributed by atoms with E-state index >= 15 is 0 Å². The summed E-state index contributed by atoms with van der Waals surface area (Å²) in [7, 11) is 0. The zero-order valence-corrected chi connectivity index (χ0v) is 11.4. The van der Waals surface area contributed by atoms with Crippen molar-refractivity contribution in [2.75, 3.05) is 19.6 Å². The SMILES string of the molecule is CCN(CC)CC(C)Oc1ccc2cc[nH]c2c1. The minimum atomic E-state index is 0.206. The van der Waals surface area contributed by atoms with Crippen LogP contribution in [0.15, 0.2) is 30.5 Å². The molecule has 18 heavy (non-hydrogen) atoms. The minimum absolute atomic E-state index is 0.206. The van der Waals surface area contributed by atoms with Crippen LogP contribution in [0.3, 0.4) is 0 Å². The van der Waals surface area contributed by atoms with Crippen molar-refractivity contribution in [3.05, 3.63) is 30.5 Å². The molecule has 0 aliphatic rings. The molecule has 0 bridgehead atoms. The van der Waals surface area contributed by atoms with Gasteiger partial charge in [0.25, 0.3) is 0 Å². The van der Waals surface area contributed by atoms with Crippen LogP contribution in [0.2, 0.25) is 0 Å². The van der Waals surface area contributed by atoms with Crippen LogP contribution in [0, 0.1) is 0 Å². The van der Waals surface area contributed by atoms with Crippen LogP contribution in [-0.2, 0) is 0 Å². The van der Waals surface area contributed by atoms with Gasteiger partial charge in [0.15, 0.2) is 0 Å². The van der Waals surface area contributed by atoms with Crippen LogP contribution < -0.4 is 4.74 Å². The summed E-state index contributed by atoms with van der Waals surface area (Å²) in [6.45, 7) is 9.59. The van der Waals surface area contributed by atoms with Gasteiger partial charge in [-0.15, -0.1) is 0 Å². The molecular formula is C15H22N2O. The average molecular weight is 246 g/mol.